The minimum absolute atomic E-state index is 0.435. The van der Waals surface area contributed by atoms with Crippen molar-refractivity contribution in [2.24, 2.45) is 5.92 Å². The molecular formula is C17H31N3O. The summed E-state index contributed by atoms with van der Waals surface area (Å²) >= 11 is 0. The van der Waals surface area contributed by atoms with E-state index in [9.17, 15) is 0 Å². The van der Waals surface area contributed by atoms with Gasteiger partial charge in [-0.2, -0.15) is 0 Å². The second-order valence-corrected chi connectivity index (χ2v) is 6.05. The summed E-state index contributed by atoms with van der Waals surface area (Å²) in [5.41, 5.74) is 3.59. The highest BCUT2D eigenvalue weighted by molar-refractivity contribution is 5.25. The van der Waals surface area contributed by atoms with Gasteiger partial charge in [0, 0.05) is 31.0 Å². The molecule has 0 aliphatic rings. The van der Waals surface area contributed by atoms with Crippen molar-refractivity contribution in [2.75, 3.05) is 26.8 Å². The topological polar surface area (TPSA) is 47.0 Å². The standard InChI is InChI=1S/C17H31N3O/c1-7-13(3)17-19-14(4)16(15(5)20-17)10-12(2)11-18-8-9-21-6/h12-13,18H,7-11H2,1-6H3. The molecule has 0 fully saturated rings. The van der Waals surface area contributed by atoms with Crippen LogP contribution in [0.4, 0.5) is 0 Å². The van der Waals surface area contributed by atoms with Crippen LogP contribution < -0.4 is 5.32 Å². The number of rotatable bonds is 9. The first-order valence-electron chi connectivity index (χ1n) is 8.03. The van der Waals surface area contributed by atoms with Crippen molar-refractivity contribution >= 4 is 0 Å². The smallest absolute Gasteiger partial charge is 0.131 e. The van der Waals surface area contributed by atoms with E-state index in [0.717, 1.165) is 49.8 Å². The summed E-state index contributed by atoms with van der Waals surface area (Å²) in [6.07, 6.45) is 2.11. The molecule has 0 aliphatic carbocycles. The van der Waals surface area contributed by atoms with E-state index in [1.165, 1.54) is 5.56 Å². The Bertz CT molecular complexity index is 411. The average Bonchev–Trinajstić information content (AvgIpc) is 2.46. The zero-order chi connectivity index (χ0) is 15.8. The molecule has 0 saturated carbocycles. The summed E-state index contributed by atoms with van der Waals surface area (Å²) in [6, 6.07) is 0. The van der Waals surface area contributed by atoms with Gasteiger partial charge in [0.25, 0.3) is 0 Å². The van der Waals surface area contributed by atoms with Gasteiger partial charge >= 0.3 is 0 Å². The van der Waals surface area contributed by atoms with Gasteiger partial charge in [-0.1, -0.05) is 20.8 Å². The van der Waals surface area contributed by atoms with E-state index in [1.54, 1.807) is 7.11 Å². The van der Waals surface area contributed by atoms with Crippen LogP contribution in [0.2, 0.25) is 0 Å². The Morgan fingerprint density at radius 3 is 2.29 bits per heavy atom. The lowest BCUT2D eigenvalue weighted by atomic mass is 9.98. The van der Waals surface area contributed by atoms with Crippen molar-refractivity contribution in [3.63, 3.8) is 0 Å². The van der Waals surface area contributed by atoms with Crippen molar-refractivity contribution in [1.29, 1.82) is 0 Å². The molecule has 0 spiro atoms. The second kappa shape index (κ2) is 9.11. The van der Waals surface area contributed by atoms with Gasteiger partial charge in [-0.05, 0) is 44.7 Å². The van der Waals surface area contributed by atoms with Crippen LogP contribution in [-0.4, -0.2) is 36.8 Å². The molecule has 1 N–H and O–H groups in total. The zero-order valence-corrected chi connectivity index (χ0v) is 14.5. The maximum Gasteiger partial charge on any atom is 0.131 e. The normalized spacial score (nSPS) is 14.2. The Morgan fingerprint density at radius 1 is 1.14 bits per heavy atom. The molecule has 2 atom stereocenters. The molecule has 2 unspecified atom stereocenters. The molecule has 1 heterocycles. The van der Waals surface area contributed by atoms with Crippen molar-refractivity contribution in [1.82, 2.24) is 15.3 Å². The largest absolute Gasteiger partial charge is 0.383 e. The third-order valence-electron chi connectivity index (χ3n) is 4.02. The van der Waals surface area contributed by atoms with Gasteiger partial charge in [0.1, 0.15) is 5.82 Å². The number of nitrogens with one attached hydrogen (secondary N) is 1. The summed E-state index contributed by atoms with van der Waals surface area (Å²) in [6.45, 7) is 13.5. The minimum atomic E-state index is 0.435. The summed E-state index contributed by atoms with van der Waals surface area (Å²) in [7, 11) is 1.73. The van der Waals surface area contributed by atoms with Crippen molar-refractivity contribution < 1.29 is 4.74 Å². The first kappa shape index (κ1) is 18.1. The van der Waals surface area contributed by atoms with Gasteiger partial charge in [-0.15, -0.1) is 0 Å². The van der Waals surface area contributed by atoms with Crippen LogP contribution in [0.3, 0.4) is 0 Å². The molecule has 0 radical (unpaired) electrons. The van der Waals surface area contributed by atoms with E-state index < -0.39 is 0 Å². The molecule has 1 aromatic rings. The van der Waals surface area contributed by atoms with Crippen LogP contribution in [0, 0.1) is 19.8 Å². The Hall–Kier alpha value is -1.00. The first-order valence-corrected chi connectivity index (χ1v) is 8.03. The van der Waals surface area contributed by atoms with Gasteiger partial charge in [-0.25, -0.2) is 9.97 Å². The summed E-state index contributed by atoms with van der Waals surface area (Å²) in [5.74, 6) is 1.99. The Kier molecular flexibility index (Phi) is 7.83. The molecule has 1 aromatic heterocycles. The SMILES string of the molecule is CCC(C)c1nc(C)c(CC(C)CNCCOC)c(C)n1. The first-order chi connectivity index (χ1) is 9.99. The van der Waals surface area contributed by atoms with E-state index in [0.29, 0.717) is 11.8 Å². The highest BCUT2D eigenvalue weighted by atomic mass is 16.5. The van der Waals surface area contributed by atoms with Crippen molar-refractivity contribution in [3.8, 4) is 0 Å². The monoisotopic (exact) mass is 293 g/mol. The lowest BCUT2D eigenvalue weighted by Gasteiger charge is -2.17. The van der Waals surface area contributed by atoms with E-state index in [4.69, 9.17) is 14.7 Å². The molecule has 120 valence electrons. The zero-order valence-electron chi connectivity index (χ0n) is 14.5. The number of aromatic nitrogens is 2. The lowest BCUT2D eigenvalue weighted by Crippen LogP contribution is -2.26. The average molecular weight is 293 g/mol. The molecule has 0 amide bonds. The van der Waals surface area contributed by atoms with E-state index in [2.05, 4.69) is 39.9 Å². The third kappa shape index (κ3) is 5.71. The molecular weight excluding hydrogens is 262 g/mol. The van der Waals surface area contributed by atoms with E-state index in [-0.39, 0.29) is 0 Å². The van der Waals surface area contributed by atoms with Crippen LogP contribution >= 0.6 is 0 Å². The quantitative estimate of drug-likeness (QED) is 0.711. The molecule has 0 saturated heterocycles. The minimum Gasteiger partial charge on any atom is -0.383 e. The summed E-state index contributed by atoms with van der Waals surface area (Å²) in [5, 5.41) is 3.42. The van der Waals surface area contributed by atoms with Crippen LogP contribution in [0.15, 0.2) is 0 Å². The van der Waals surface area contributed by atoms with Crippen molar-refractivity contribution in [3.05, 3.63) is 22.8 Å². The molecule has 0 aromatic carbocycles. The Labute approximate surface area is 129 Å². The summed E-state index contributed by atoms with van der Waals surface area (Å²) in [4.78, 5) is 9.43. The van der Waals surface area contributed by atoms with E-state index in [1.807, 2.05) is 0 Å². The highest BCUT2D eigenvalue weighted by Gasteiger charge is 2.14. The van der Waals surface area contributed by atoms with Gasteiger partial charge in [-0.3, -0.25) is 0 Å². The number of aryl methyl sites for hydroxylation is 2. The lowest BCUT2D eigenvalue weighted by molar-refractivity contribution is 0.198. The van der Waals surface area contributed by atoms with Crippen molar-refractivity contribution in [2.45, 2.75) is 53.4 Å². The Balaban J connectivity index is 2.66. The molecule has 1 rings (SSSR count). The van der Waals surface area contributed by atoms with Gasteiger partial charge in [0.2, 0.25) is 0 Å². The fourth-order valence-electron chi connectivity index (χ4n) is 2.41. The second-order valence-electron chi connectivity index (χ2n) is 6.05. The third-order valence-corrected chi connectivity index (χ3v) is 4.02. The molecule has 4 nitrogen and oxygen atoms in total. The fraction of sp³-hybridized carbons (Fsp3) is 0.765. The maximum atomic E-state index is 5.04. The molecule has 0 aliphatic heterocycles. The fourth-order valence-corrected chi connectivity index (χ4v) is 2.41. The van der Waals surface area contributed by atoms with Gasteiger partial charge in [0.05, 0.1) is 6.61 Å². The van der Waals surface area contributed by atoms with Crippen LogP contribution in [0.1, 0.15) is 55.9 Å². The van der Waals surface area contributed by atoms with Gasteiger partial charge < -0.3 is 10.1 Å². The summed E-state index contributed by atoms with van der Waals surface area (Å²) < 4.78 is 5.04. The van der Waals surface area contributed by atoms with E-state index >= 15 is 0 Å². The molecule has 21 heavy (non-hydrogen) atoms. The Morgan fingerprint density at radius 2 is 1.76 bits per heavy atom. The predicted molar refractivity (Wildman–Crippen MR) is 87.8 cm³/mol. The predicted octanol–water partition coefficient (Wildman–Crippen LogP) is 3.02. The number of hydrogen-bond donors (Lipinski definition) is 1. The maximum absolute atomic E-state index is 5.04. The molecule has 0 bridgehead atoms. The molecule has 4 heteroatoms. The number of methoxy groups -OCH3 is 1. The highest BCUT2D eigenvalue weighted by Crippen LogP contribution is 2.20. The number of ether oxygens (including phenoxy) is 1. The van der Waals surface area contributed by atoms with Gasteiger partial charge in [0.15, 0.2) is 0 Å². The number of hydrogen-bond acceptors (Lipinski definition) is 4. The van der Waals surface area contributed by atoms with Crippen LogP contribution in [0.5, 0.6) is 0 Å². The van der Waals surface area contributed by atoms with Crippen LogP contribution in [0.25, 0.3) is 0 Å². The number of nitrogens with zero attached hydrogens (tertiary/aromatic N) is 2. The van der Waals surface area contributed by atoms with Crippen LogP contribution in [-0.2, 0) is 11.2 Å².